The summed E-state index contributed by atoms with van der Waals surface area (Å²) in [6.07, 6.45) is 5.26. The van der Waals surface area contributed by atoms with E-state index in [1.165, 1.54) is 4.90 Å². The molecular formula is C14H14N2OS. The highest BCUT2D eigenvalue weighted by Crippen LogP contribution is 2.19. The first-order valence-electron chi connectivity index (χ1n) is 5.61. The van der Waals surface area contributed by atoms with Crippen LogP contribution in [0.25, 0.3) is 0 Å². The summed E-state index contributed by atoms with van der Waals surface area (Å²) in [6, 6.07) is 11.5. The first kappa shape index (κ1) is 12.6. The monoisotopic (exact) mass is 258 g/mol. The Morgan fingerprint density at radius 1 is 1.22 bits per heavy atom. The largest absolute Gasteiger partial charge is 0.348 e. The van der Waals surface area contributed by atoms with Crippen LogP contribution in [0.1, 0.15) is 15.9 Å². The van der Waals surface area contributed by atoms with Crippen LogP contribution in [-0.4, -0.2) is 17.1 Å². The Bertz CT molecular complexity index is 528. The van der Waals surface area contributed by atoms with Gasteiger partial charge in [0.05, 0.1) is 0 Å². The molecule has 1 N–H and O–H groups in total. The number of nitrogens with one attached hydrogen (secondary N) is 1. The molecule has 2 rings (SSSR count). The Morgan fingerprint density at radius 2 is 1.94 bits per heavy atom. The van der Waals surface area contributed by atoms with Gasteiger partial charge in [-0.25, -0.2) is 0 Å². The van der Waals surface area contributed by atoms with E-state index in [0.29, 0.717) is 12.1 Å². The molecule has 4 heteroatoms. The zero-order valence-corrected chi connectivity index (χ0v) is 10.9. The molecule has 0 spiro atoms. The lowest BCUT2D eigenvalue weighted by Gasteiger charge is -2.08. The molecule has 92 valence electrons. The molecule has 0 radical (unpaired) electrons. The summed E-state index contributed by atoms with van der Waals surface area (Å²) in [5, 5.41) is 2.91. The maximum absolute atomic E-state index is 11.9. The van der Waals surface area contributed by atoms with Crippen molar-refractivity contribution in [1.82, 2.24) is 10.3 Å². The van der Waals surface area contributed by atoms with Gasteiger partial charge in [-0.15, -0.1) is 11.8 Å². The van der Waals surface area contributed by atoms with E-state index in [2.05, 4.69) is 16.4 Å². The Kier molecular flexibility index (Phi) is 4.36. The number of amides is 1. The number of benzene rings is 1. The number of hydrogen-bond acceptors (Lipinski definition) is 3. The van der Waals surface area contributed by atoms with Crippen molar-refractivity contribution in [2.45, 2.75) is 11.4 Å². The van der Waals surface area contributed by atoms with Gasteiger partial charge in [0.1, 0.15) is 0 Å². The molecule has 0 aliphatic rings. The Labute approximate surface area is 111 Å². The van der Waals surface area contributed by atoms with E-state index in [4.69, 9.17) is 0 Å². The van der Waals surface area contributed by atoms with Crippen molar-refractivity contribution >= 4 is 17.7 Å². The van der Waals surface area contributed by atoms with E-state index in [1.807, 2.05) is 24.5 Å². The van der Waals surface area contributed by atoms with Crippen LogP contribution in [0.2, 0.25) is 0 Å². The molecule has 1 amide bonds. The van der Waals surface area contributed by atoms with Gasteiger partial charge in [0.25, 0.3) is 5.91 Å². The number of pyridine rings is 1. The van der Waals surface area contributed by atoms with Gasteiger partial charge in [-0.1, -0.05) is 18.2 Å². The maximum Gasteiger partial charge on any atom is 0.251 e. The minimum Gasteiger partial charge on any atom is -0.348 e. The van der Waals surface area contributed by atoms with Gasteiger partial charge in [0, 0.05) is 29.4 Å². The number of carbonyl (C=O) groups is 1. The van der Waals surface area contributed by atoms with Crippen LogP contribution in [0, 0.1) is 0 Å². The Balaban J connectivity index is 2.02. The van der Waals surface area contributed by atoms with Crippen molar-refractivity contribution in [3.63, 3.8) is 0 Å². The van der Waals surface area contributed by atoms with Gasteiger partial charge in [-0.05, 0) is 30.0 Å². The van der Waals surface area contributed by atoms with Crippen LogP contribution >= 0.6 is 11.8 Å². The summed E-state index contributed by atoms with van der Waals surface area (Å²) in [6.45, 7) is 0.540. The molecule has 0 saturated heterocycles. The van der Waals surface area contributed by atoms with Crippen LogP contribution in [0.15, 0.2) is 53.7 Å². The molecule has 0 unspecified atom stereocenters. The van der Waals surface area contributed by atoms with Crippen molar-refractivity contribution < 1.29 is 4.79 Å². The van der Waals surface area contributed by atoms with Crippen LogP contribution in [0.4, 0.5) is 0 Å². The fourth-order valence-electron chi connectivity index (χ4n) is 1.63. The van der Waals surface area contributed by atoms with E-state index < -0.39 is 0 Å². The molecule has 18 heavy (non-hydrogen) atoms. The van der Waals surface area contributed by atoms with E-state index in [0.717, 1.165) is 5.56 Å². The minimum atomic E-state index is -0.0756. The van der Waals surface area contributed by atoms with Crippen LogP contribution in [0.5, 0.6) is 0 Å². The maximum atomic E-state index is 11.9. The summed E-state index contributed by atoms with van der Waals surface area (Å²) >= 11 is 1.68. The van der Waals surface area contributed by atoms with Gasteiger partial charge < -0.3 is 5.32 Å². The first-order valence-corrected chi connectivity index (χ1v) is 6.84. The third-order valence-corrected chi connectivity index (χ3v) is 3.41. The predicted molar refractivity (Wildman–Crippen MR) is 73.6 cm³/mol. The van der Waals surface area contributed by atoms with E-state index >= 15 is 0 Å². The number of rotatable bonds is 4. The minimum absolute atomic E-state index is 0.0756. The van der Waals surface area contributed by atoms with Gasteiger partial charge in [0.15, 0.2) is 0 Å². The van der Waals surface area contributed by atoms with Gasteiger partial charge in [-0.2, -0.15) is 0 Å². The molecule has 1 aromatic heterocycles. The summed E-state index contributed by atoms with van der Waals surface area (Å²) in [7, 11) is 0. The lowest BCUT2D eigenvalue weighted by atomic mass is 10.2. The van der Waals surface area contributed by atoms with E-state index in [1.54, 1.807) is 36.3 Å². The van der Waals surface area contributed by atoms with Crippen molar-refractivity contribution in [3.8, 4) is 0 Å². The van der Waals surface area contributed by atoms with Crippen molar-refractivity contribution in [2.24, 2.45) is 0 Å². The van der Waals surface area contributed by atoms with Crippen molar-refractivity contribution in [1.29, 1.82) is 0 Å². The highest BCUT2D eigenvalue weighted by atomic mass is 32.2. The van der Waals surface area contributed by atoms with Crippen LogP contribution < -0.4 is 5.32 Å². The third-order valence-electron chi connectivity index (χ3n) is 2.57. The Hall–Kier alpha value is -1.81. The fraction of sp³-hybridized carbons (Fsp3) is 0.143. The molecule has 3 nitrogen and oxygen atoms in total. The van der Waals surface area contributed by atoms with Crippen molar-refractivity contribution in [2.75, 3.05) is 6.26 Å². The zero-order chi connectivity index (χ0) is 12.8. The first-order chi connectivity index (χ1) is 8.81. The second-order valence-corrected chi connectivity index (χ2v) is 4.58. The SMILES string of the molecule is CSc1ccccc1CNC(=O)c1ccncc1. The molecule has 0 bridgehead atoms. The summed E-state index contributed by atoms with van der Waals surface area (Å²) < 4.78 is 0. The number of carbonyl (C=O) groups excluding carboxylic acids is 1. The molecule has 0 aliphatic heterocycles. The van der Waals surface area contributed by atoms with Gasteiger partial charge in [0.2, 0.25) is 0 Å². The highest BCUT2D eigenvalue weighted by molar-refractivity contribution is 7.98. The summed E-state index contributed by atoms with van der Waals surface area (Å²) in [5.41, 5.74) is 1.76. The lowest BCUT2D eigenvalue weighted by molar-refractivity contribution is 0.0950. The fourth-order valence-corrected chi connectivity index (χ4v) is 2.25. The Morgan fingerprint density at radius 3 is 2.67 bits per heavy atom. The molecule has 0 saturated carbocycles. The van der Waals surface area contributed by atoms with E-state index in [-0.39, 0.29) is 5.91 Å². The molecular weight excluding hydrogens is 244 g/mol. The predicted octanol–water partition coefficient (Wildman–Crippen LogP) is 2.73. The van der Waals surface area contributed by atoms with E-state index in [9.17, 15) is 4.79 Å². The number of nitrogens with zero attached hydrogens (tertiary/aromatic N) is 1. The third kappa shape index (κ3) is 3.11. The molecule has 1 heterocycles. The van der Waals surface area contributed by atoms with Crippen LogP contribution in [-0.2, 0) is 6.54 Å². The average molecular weight is 258 g/mol. The number of thioether (sulfide) groups is 1. The quantitative estimate of drug-likeness (QED) is 0.857. The lowest BCUT2D eigenvalue weighted by Crippen LogP contribution is -2.23. The second-order valence-electron chi connectivity index (χ2n) is 3.73. The number of hydrogen-bond donors (Lipinski definition) is 1. The standard InChI is InChI=1S/C14H14N2OS/c1-18-13-5-3-2-4-12(13)10-16-14(17)11-6-8-15-9-7-11/h2-9H,10H2,1H3,(H,16,17). The molecule has 1 aromatic carbocycles. The average Bonchev–Trinajstić information content (AvgIpc) is 2.46. The van der Waals surface area contributed by atoms with Crippen molar-refractivity contribution in [3.05, 3.63) is 59.9 Å². The summed E-state index contributed by atoms with van der Waals surface area (Å²) in [4.78, 5) is 16.9. The topological polar surface area (TPSA) is 42.0 Å². The summed E-state index contributed by atoms with van der Waals surface area (Å²) in [5.74, 6) is -0.0756. The molecule has 0 fully saturated rings. The zero-order valence-electron chi connectivity index (χ0n) is 10.1. The second kappa shape index (κ2) is 6.21. The normalized spacial score (nSPS) is 10.1. The molecule has 0 aliphatic carbocycles. The molecule has 0 atom stereocenters. The number of aromatic nitrogens is 1. The molecule has 2 aromatic rings. The van der Waals surface area contributed by atoms with Gasteiger partial charge >= 0.3 is 0 Å². The highest BCUT2D eigenvalue weighted by Gasteiger charge is 2.06. The van der Waals surface area contributed by atoms with Crippen LogP contribution in [0.3, 0.4) is 0 Å². The smallest absolute Gasteiger partial charge is 0.251 e. The van der Waals surface area contributed by atoms with Gasteiger partial charge in [-0.3, -0.25) is 9.78 Å².